The molecule has 3 nitrogen and oxygen atoms in total. The first-order valence-corrected chi connectivity index (χ1v) is 4.34. The van der Waals surface area contributed by atoms with E-state index in [9.17, 15) is 5.11 Å². The van der Waals surface area contributed by atoms with Crippen molar-refractivity contribution < 1.29 is 9.94 Å². The fourth-order valence-electron chi connectivity index (χ4n) is 1.56. The fraction of sp³-hybridized carbons (Fsp3) is 0.0909. The van der Waals surface area contributed by atoms with Crippen LogP contribution in [0, 0.1) is 0 Å². The largest absolute Gasteiger partial charge is 0.508 e. The smallest absolute Gasteiger partial charge is 0.121 e. The molecule has 0 fully saturated rings. The predicted octanol–water partition coefficient (Wildman–Crippen LogP) is 1.94. The highest BCUT2D eigenvalue weighted by Crippen LogP contribution is 2.27. The molecular weight excluding hydrogens is 178 g/mol. The van der Waals surface area contributed by atoms with Gasteiger partial charge in [0.25, 0.3) is 0 Å². The van der Waals surface area contributed by atoms with Crippen LogP contribution in [0.5, 0.6) is 5.75 Å². The van der Waals surface area contributed by atoms with Crippen LogP contribution in [0.1, 0.15) is 5.56 Å². The summed E-state index contributed by atoms with van der Waals surface area (Å²) in [6.45, 7) is 0.215. The van der Waals surface area contributed by atoms with Crippen LogP contribution >= 0.6 is 0 Å². The topological polar surface area (TPSA) is 55.5 Å². The van der Waals surface area contributed by atoms with Crippen LogP contribution in [0.3, 0.4) is 0 Å². The van der Waals surface area contributed by atoms with Gasteiger partial charge in [-0.15, -0.1) is 0 Å². The van der Waals surface area contributed by atoms with Crippen LogP contribution in [-0.4, -0.2) is 5.11 Å². The summed E-state index contributed by atoms with van der Waals surface area (Å²) in [6.07, 6.45) is 0. The molecule has 0 amide bonds. The zero-order chi connectivity index (χ0) is 9.97. The van der Waals surface area contributed by atoms with Gasteiger partial charge in [0.15, 0.2) is 0 Å². The molecular formula is C11H11NO2. The zero-order valence-corrected chi connectivity index (χ0v) is 7.60. The number of aromatic hydroxyl groups is 1. The molecule has 2 aromatic rings. The second-order valence-corrected chi connectivity index (χ2v) is 3.10. The second-order valence-electron chi connectivity index (χ2n) is 3.10. The summed E-state index contributed by atoms with van der Waals surface area (Å²) in [5.74, 6) is 5.23. The first kappa shape index (κ1) is 8.99. The van der Waals surface area contributed by atoms with E-state index in [1.165, 1.54) is 0 Å². The standard InChI is InChI=1S/C11H11NO2/c12-14-7-10-9-4-2-1-3-8(9)5-6-11(10)13/h1-6,13H,7,12H2. The minimum atomic E-state index is 0.215. The van der Waals surface area contributed by atoms with Gasteiger partial charge in [0, 0.05) is 5.56 Å². The molecule has 2 aromatic carbocycles. The number of rotatable bonds is 2. The van der Waals surface area contributed by atoms with E-state index in [-0.39, 0.29) is 12.4 Å². The van der Waals surface area contributed by atoms with E-state index in [2.05, 4.69) is 4.84 Å². The maximum absolute atomic E-state index is 9.60. The molecule has 0 heterocycles. The molecule has 0 unspecified atom stereocenters. The highest BCUT2D eigenvalue weighted by atomic mass is 16.6. The molecule has 0 aliphatic carbocycles. The van der Waals surface area contributed by atoms with Gasteiger partial charge >= 0.3 is 0 Å². The lowest BCUT2D eigenvalue weighted by molar-refractivity contribution is 0.123. The summed E-state index contributed by atoms with van der Waals surface area (Å²) < 4.78 is 0. The molecule has 0 atom stereocenters. The van der Waals surface area contributed by atoms with E-state index in [1.54, 1.807) is 6.07 Å². The molecule has 72 valence electrons. The van der Waals surface area contributed by atoms with E-state index in [0.29, 0.717) is 0 Å². The minimum absolute atomic E-state index is 0.215. The van der Waals surface area contributed by atoms with E-state index < -0.39 is 0 Å². The normalized spacial score (nSPS) is 10.6. The van der Waals surface area contributed by atoms with Gasteiger partial charge < -0.3 is 5.11 Å². The third-order valence-corrected chi connectivity index (χ3v) is 2.24. The van der Waals surface area contributed by atoms with Crippen LogP contribution < -0.4 is 5.90 Å². The Bertz CT molecular complexity index is 454. The van der Waals surface area contributed by atoms with Gasteiger partial charge in [-0.2, -0.15) is 0 Å². The number of fused-ring (bicyclic) bond motifs is 1. The van der Waals surface area contributed by atoms with Crippen molar-refractivity contribution in [2.45, 2.75) is 6.61 Å². The van der Waals surface area contributed by atoms with Crippen molar-refractivity contribution in [3.63, 3.8) is 0 Å². The van der Waals surface area contributed by atoms with Crippen molar-refractivity contribution >= 4 is 10.8 Å². The van der Waals surface area contributed by atoms with Gasteiger partial charge in [0.1, 0.15) is 5.75 Å². The highest BCUT2D eigenvalue weighted by molar-refractivity contribution is 5.87. The SMILES string of the molecule is NOCc1c(O)ccc2ccccc12. The van der Waals surface area contributed by atoms with Crippen molar-refractivity contribution in [3.05, 3.63) is 42.0 Å². The Morgan fingerprint density at radius 1 is 1.14 bits per heavy atom. The molecule has 0 bridgehead atoms. The number of benzene rings is 2. The highest BCUT2D eigenvalue weighted by Gasteiger charge is 2.05. The van der Waals surface area contributed by atoms with Gasteiger partial charge in [0.05, 0.1) is 6.61 Å². The third-order valence-electron chi connectivity index (χ3n) is 2.24. The van der Waals surface area contributed by atoms with E-state index in [1.807, 2.05) is 30.3 Å². The lowest BCUT2D eigenvalue weighted by Gasteiger charge is -2.07. The molecule has 0 spiro atoms. The average molecular weight is 189 g/mol. The van der Waals surface area contributed by atoms with Crippen molar-refractivity contribution in [1.29, 1.82) is 0 Å². The molecule has 14 heavy (non-hydrogen) atoms. The predicted molar refractivity (Wildman–Crippen MR) is 54.6 cm³/mol. The number of phenols is 1. The Kier molecular flexibility index (Phi) is 2.35. The Labute approximate surface area is 81.7 Å². The molecule has 0 saturated carbocycles. The van der Waals surface area contributed by atoms with Crippen LogP contribution in [0.25, 0.3) is 10.8 Å². The number of nitrogens with two attached hydrogens (primary N) is 1. The Morgan fingerprint density at radius 2 is 1.93 bits per heavy atom. The lowest BCUT2D eigenvalue weighted by atomic mass is 10.0. The summed E-state index contributed by atoms with van der Waals surface area (Å²) in [6, 6.07) is 11.3. The quantitative estimate of drug-likeness (QED) is 0.710. The fourth-order valence-corrected chi connectivity index (χ4v) is 1.56. The van der Waals surface area contributed by atoms with Crippen molar-refractivity contribution in [3.8, 4) is 5.75 Å². The van der Waals surface area contributed by atoms with Crippen LogP contribution in [0.15, 0.2) is 36.4 Å². The molecule has 0 aliphatic rings. The first-order valence-electron chi connectivity index (χ1n) is 4.34. The zero-order valence-electron chi connectivity index (χ0n) is 7.60. The van der Waals surface area contributed by atoms with Crippen molar-refractivity contribution in [1.82, 2.24) is 0 Å². The van der Waals surface area contributed by atoms with Gasteiger partial charge in [-0.05, 0) is 16.8 Å². The molecule has 0 aliphatic heterocycles. The Hall–Kier alpha value is -1.58. The molecule has 3 heteroatoms. The number of hydrogen-bond acceptors (Lipinski definition) is 3. The minimum Gasteiger partial charge on any atom is -0.508 e. The summed E-state index contributed by atoms with van der Waals surface area (Å²) in [4.78, 5) is 4.56. The van der Waals surface area contributed by atoms with E-state index in [4.69, 9.17) is 5.90 Å². The molecule has 2 rings (SSSR count). The molecule has 0 aromatic heterocycles. The third kappa shape index (κ3) is 1.43. The van der Waals surface area contributed by atoms with Gasteiger partial charge in [0.2, 0.25) is 0 Å². The summed E-state index contributed by atoms with van der Waals surface area (Å²) in [7, 11) is 0. The molecule has 0 saturated heterocycles. The van der Waals surface area contributed by atoms with E-state index in [0.717, 1.165) is 16.3 Å². The van der Waals surface area contributed by atoms with Gasteiger partial charge in [-0.25, -0.2) is 5.90 Å². The van der Waals surface area contributed by atoms with Crippen LogP contribution in [0.4, 0.5) is 0 Å². The first-order chi connectivity index (χ1) is 6.83. The van der Waals surface area contributed by atoms with Gasteiger partial charge in [-0.1, -0.05) is 30.3 Å². The van der Waals surface area contributed by atoms with E-state index >= 15 is 0 Å². The Balaban J connectivity index is 2.69. The Morgan fingerprint density at radius 3 is 2.71 bits per heavy atom. The van der Waals surface area contributed by atoms with Gasteiger partial charge in [-0.3, -0.25) is 4.84 Å². The van der Waals surface area contributed by atoms with Crippen LogP contribution in [0.2, 0.25) is 0 Å². The number of phenolic OH excluding ortho intramolecular Hbond substituents is 1. The maximum atomic E-state index is 9.60. The van der Waals surface area contributed by atoms with Crippen LogP contribution in [-0.2, 0) is 11.4 Å². The average Bonchev–Trinajstić information content (AvgIpc) is 2.23. The molecule has 3 N–H and O–H groups in total. The summed E-state index contributed by atoms with van der Waals surface area (Å²) >= 11 is 0. The number of hydrogen-bond donors (Lipinski definition) is 2. The second kappa shape index (κ2) is 3.65. The summed E-state index contributed by atoms with van der Waals surface area (Å²) in [5, 5.41) is 11.6. The van der Waals surface area contributed by atoms with Crippen molar-refractivity contribution in [2.75, 3.05) is 0 Å². The monoisotopic (exact) mass is 189 g/mol. The summed E-state index contributed by atoms with van der Waals surface area (Å²) in [5.41, 5.74) is 0.727. The molecule has 0 radical (unpaired) electrons. The van der Waals surface area contributed by atoms with Crippen molar-refractivity contribution in [2.24, 2.45) is 5.90 Å². The maximum Gasteiger partial charge on any atom is 0.121 e. The lowest BCUT2D eigenvalue weighted by Crippen LogP contribution is -1.99.